The lowest BCUT2D eigenvalue weighted by atomic mass is 9.96. The van der Waals surface area contributed by atoms with Gasteiger partial charge in [-0.1, -0.05) is 19.1 Å². The summed E-state index contributed by atoms with van der Waals surface area (Å²) in [5.41, 5.74) is 1.86. The van der Waals surface area contributed by atoms with Gasteiger partial charge in [0.1, 0.15) is 0 Å². The van der Waals surface area contributed by atoms with Crippen molar-refractivity contribution in [3.8, 4) is 0 Å². The van der Waals surface area contributed by atoms with Gasteiger partial charge in [-0.2, -0.15) is 0 Å². The van der Waals surface area contributed by atoms with Gasteiger partial charge >= 0.3 is 0 Å². The molecule has 6 heteroatoms. The standard InChI is InChI=1S/C18H29N3O2S/c1-14-11-18(14)19-12-15-7-9-21(10-8-15)13-16-3-5-17(6-4-16)20-24(2,22)23/h3-6,14-15,18-20H,7-13H2,1-2H3/t14-,18-/m1/s1. The average Bonchev–Trinajstić information content (AvgIpc) is 3.23. The van der Waals surface area contributed by atoms with E-state index >= 15 is 0 Å². The minimum absolute atomic E-state index is 0.625. The maximum Gasteiger partial charge on any atom is 0.229 e. The van der Waals surface area contributed by atoms with Crippen molar-refractivity contribution in [3.05, 3.63) is 29.8 Å². The third kappa shape index (κ3) is 5.46. The first-order valence-corrected chi connectivity index (χ1v) is 10.8. The second-order valence-corrected chi connectivity index (χ2v) is 9.27. The van der Waals surface area contributed by atoms with Crippen LogP contribution in [0.4, 0.5) is 5.69 Å². The smallest absolute Gasteiger partial charge is 0.229 e. The van der Waals surface area contributed by atoms with Crippen molar-refractivity contribution in [2.24, 2.45) is 11.8 Å². The molecule has 0 bridgehead atoms. The van der Waals surface area contributed by atoms with Gasteiger partial charge in [0.15, 0.2) is 0 Å². The van der Waals surface area contributed by atoms with Crippen molar-refractivity contribution in [1.82, 2.24) is 10.2 Å². The van der Waals surface area contributed by atoms with Gasteiger partial charge in [-0.25, -0.2) is 8.42 Å². The molecule has 1 saturated carbocycles. The summed E-state index contributed by atoms with van der Waals surface area (Å²) in [6.45, 7) is 6.73. The zero-order valence-electron chi connectivity index (χ0n) is 14.7. The predicted octanol–water partition coefficient (Wildman–Crippen LogP) is 2.27. The van der Waals surface area contributed by atoms with Crippen LogP contribution >= 0.6 is 0 Å². The molecule has 3 rings (SSSR count). The Bertz CT molecular complexity index is 637. The van der Waals surface area contributed by atoms with Crippen LogP contribution in [-0.4, -0.2) is 45.2 Å². The summed E-state index contributed by atoms with van der Waals surface area (Å²) in [6, 6.07) is 8.47. The number of nitrogens with one attached hydrogen (secondary N) is 2. The minimum atomic E-state index is -3.20. The van der Waals surface area contributed by atoms with Crippen LogP contribution in [0.1, 0.15) is 31.7 Å². The maximum absolute atomic E-state index is 11.2. The summed E-state index contributed by atoms with van der Waals surface area (Å²) in [4.78, 5) is 2.50. The van der Waals surface area contributed by atoms with Gasteiger partial charge in [0.25, 0.3) is 0 Å². The molecule has 1 aromatic carbocycles. The average molecular weight is 352 g/mol. The van der Waals surface area contributed by atoms with E-state index in [1.807, 2.05) is 24.3 Å². The molecule has 2 atom stereocenters. The lowest BCUT2D eigenvalue weighted by molar-refractivity contribution is 0.175. The minimum Gasteiger partial charge on any atom is -0.313 e. The third-order valence-corrected chi connectivity index (χ3v) is 5.76. The maximum atomic E-state index is 11.2. The Morgan fingerprint density at radius 3 is 2.33 bits per heavy atom. The molecule has 1 aromatic rings. The number of nitrogens with zero attached hydrogens (tertiary/aromatic N) is 1. The molecular formula is C18H29N3O2S. The summed E-state index contributed by atoms with van der Waals surface area (Å²) < 4.78 is 25.0. The second kappa shape index (κ2) is 7.42. The highest BCUT2D eigenvalue weighted by Crippen LogP contribution is 2.29. The van der Waals surface area contributed by atoms with Crippen molar-refractivity contribution < 1.29 is 8.42 Å². The van der Waals surface area contributed by atoms with Gasteiger partial charge in [-0.05, 0) is 68.4 Å². The molecule has 1 aliphatic carbocycles. The fourth-order valence-electron chi connectivity index (χ4n) is 3.42. The summed E-state index contributed by atoms with van der Waals surface area (Å²) in [7, 11) is -3.20. The van der Waals surface area contributed by atoms with E-state index in [2.05, 4.69) is 21.9 Å². The molecule has 0 unspecified atom stereocenters. The first kappa shape index (κ1) is 17.7. The Balaban J connectivity index is 1.40. The monoisotopic (exact) mass is 351 g/mol. The first-order valence-electron chi connectivity index (χ1n) is 8.91. The summed E-state index contributed by atoms with van der Waals surface area (Å²) in [5, 5.41) is 3.69. The quantitative estimate of drug-likeness (QED) is 0.791. The molecule has 2 aliphatic rings. The molecule has 0 aromatic heterocycles. The Morgan fingerprint density at radius 1 is 1.17 bits per heavy atom. The van der Waals surface area contributed by atoms with Crippen LogP contribution in [0.2, 0.25) is 0 Å². The van der Waals surface area contributed by atoms with Crippen molar-refractivity contribution in [2.45, 2.75) is 38.8 Å². The fraction of sp³-hybridized carbons (Fsp3) is 0.667. The Kier molecular flexibility index (Phi) is 5.47. The van der Waals surface area contributed by atoms with E-state index in [0.717, 1.165) is 37.5 Å². The van der Waals surface area contributed by atoms with Crippen LogP contribution in [-0.2, 0) is 16.6 Å². The Labute approximate surface area is 145 Å². The first-order chi connectivity index (χ1) is 11.4. The molecule has 2 fully saturated rings. The van der Waals surface area contributed by atoms with Gasteiger partial charge in [0.05, 0.1) is 6.26 Å². The molecule has 0 spiro atoms. The third-order valence-electron chi connectivity index (χ3n) is 5.15. The zero-order valence-corrected chi connectivity index (χ0v) is 15.5. The van der Waals surface area contributed by atoms with Gasteiger partial charge in [-0.15, -0.1) is 0 Å². The molecule has 1 saturated heterocycles. The lowest BCUT2D eigenvalue weighted by Gasteiger charge is -2.32. The molecule has 24 heavy (non-hydrogen) atoms. The van der Waals surface area contributed by atoms with E-state index in [4.69, 9.17) is 0 Å². The van der Waals surface area contributed by atoms with E-state index < -0.39 is 10.0 Å². The van der Waals surface area contributed by atoms with Crippen molar-refractivity contribution in [2.75, 3.05) is 30.6 Å². The molecule has 2 N–H and O–H groups in total. The second-order valence-electron chi connectivity index (χ2n) is 7.52. The number of hydrogen-bond donors (Lipinski definition) is 2. The van der Waals surface area contributed by atoms with Crippen molar-refractivity contribution >= 4 is 15.7 Å². The topological polar surface area (TPSA) is 61.4 Å². The van der Waals surface area contributed by atoms with E-state index in [0.29, 0.717) is 5.69 Å². The summed E-state index contributed by atoms with van der Waals surface area (Å²) in [5.74, 6) is 1.70. The normalized spacial score (nSPS) is 25.6. The molecule has 5 nitrogen and oxygen atoms in total. The highest BCUT2D eigenvalue weighted by atomic mass is 32.2. The molecule has 0 amide bonds. The van der Waals surface area contributed by atoms with Gasteiger partial charge in [0, 0.05) is 18.3 Å². The molecule has 1 aliphatic heterocycles. The van der Waals surface area contributed by atoms with Gasteiger partial charge < -0.3 is 5.32 Å². The highest BCUT2D eigenvalue weighted by molar-refractivity contribution is 7.92. The molecule has 134 valence electrons. The predicted molar refractivity (Wildman–Crippen MR) is 98.5 cm³/mol. The Hall–Kier alpha value is -1.11. The number of sulfonamides is 1. The van der Waals surface area contributed by atoms with Crippen molar-refractivity contribution in [1.29, 1.82) is 0 Å². The van der Waals surface area contributed by atoms with Crippen LogP contribution in [0, 0.1) is 11.8 Å². The largest absolute Gasteiger partial charge is 0.313 e. The van der Waals surface area contributed by atoms with Crippen LogP contribution < -0.4 is 10.0 Å². The number of benzene rings is 1. The van der Waals surface area contributed by atoms with Crippen molar-refractivity contribution in [3.63, 3.8) is 0 Å². The van der Waals surface area contributed by atoms with Crippen LogP contribution in [0.3, 0.4) is 0 Å². The summed E-state index contributed by atoms with van der Waals surface area (Å²) in [6.07, 6.45) is 5.05. The molecule has 0 radical (unpaired) electrons. The summed E-state index contributed by atoms with van der Waals surface area (Å²) >= 11 is 0. The molecule has 1 heterocycles. The van der Waals surface area contributed by atoms with Crippen LogP contribution in [0.25, 0.3) is 0 Å². The number of likely N-dealkylation sites (tertiary alicyclic amines) is 1. The van der Waals surface area contributed by atoms with E-state index in [9.17, 15) is 8.42 Å². The number of anilines is 1. The van der Waals surface area contributed by atoms with E-state index in [1.165, 1.54) is 37.6 Å². The van der Waals surface area contributed by atoms with E-state index in [-0.39, 0.29) is 0 Å². The Morgan fingerprint density at radius 2 is 1.79 bits per heavy atom. The fourth-order valence-corrected chi connectivity index (χ4v) is 3.99. The van der Waals surface area contributed by atoms with Gasteiger partial charge in [0.2, 0.25) is 10.0 Å². The highest BCUT2D eigenvalue weighted by Gasteiger charge is 2.32. The molecular weight excluding hydrogens is 322 g/mol. The SMILES string of the molecule is C[C@@H]1C[C@H]1NCC1CCN(Cc2ccc(NS(C)(=O)=O)cc2)CC1. The number of piperidine rings is 1. The lowest BCUT2D eigenvalue weighted by Crippen LogP contribution is -2.37. The van der Waals surface area contributed by atoms with Crippen LogP contribution in [0.15, 0.2) is 24.3 Å². The number of rotatable bonds is 7. The van der Waals surface area contributed by atoms with E-state index in [1.54, 1.807) is 0 Å². The number of hydrogen-bond acceptors (Lipinski definition) is 4. The van der Waals surface area contributed by atoms with Gasteiger partial charge in [-0.3, -0.25) is 9.62 Å². The van der Waals surface area contributed by atoms with Crippen LogP contribution in [0.5, 0.6) is 0 Å². The zero-order chi connectivity index (χ0) is 17.2.